The van der Waals surface area contributed by atoms with Crippen LogP contribution < -0.4 is 5.32 Å². The van der Waals surface area contributed by atoms with Gasteiger partial charge >= 0.3 is 5.97 Å². The average molecular weight is 421 g/mol. The van der Waals surface area contributed by atoms with E-state index in [4.69, 9.17) is 5.11 Å². The molecule has 0 saturated carbocycles. The number of thiophene rings is 1. The number of aromatic hydroxyl groups is 1. The molecule has 0 fully saturated rings. The molecule has 0 aliphatic rings. The minimum absolute atomic E-state index is 0.126. The predicted molar refractivity (Wildman–Crippen MR) is 82.7 cm³/mol. The van der Waals surface area contributed by atoms with Crippen LogP contribution in [-0.2, 0) is 0 Å². The molecule has 1 amide bonds. The van der Waals surface area contributed by atoms with Gasteiger partial charge in [-0.05, 0) is 56.1 Å². The average Bonchev–Trinajstić information content (AvgIpc) is 2.71. The Balaban J connectivity index is 2.30. The molecule has 104 valence electrons. The smallest absolute Gasteiger partial charge is 0.337 e. The number of carbonyl (C=O) groups excluding carboxylic acids is 1. The van der Waals surface area contributed by atoms with Gasteiger partial charge in [0.25, 0.3) is 5.91 Å². The van der Waals surface area contributed by atoms with E-state index in [2.05, 4.69) is 37.2 Å². The van der Waals surface area contributed by atoms with E-state index in [-0.39, 0.29) is 17.0 Å². The van der Waals surface area contributed by atoms with Crippen LogP contribution in [0.5, 0.6) is 5.75 Å². The summed E-state index contributed by atoms with van der Waals surface area (Å²) >= 11 is 7.77. The van der Waals surface area contributed by atoms with Crippen molar-refractivity contribution >= 4 is 60.8 Å². The van der Waals surface area contributed by atoms with Gasteiger partial charge in [-0.1, -0.05) is 0 Å². The van der Waals surface area contributed by atoms with Gasteiger partial charge in [-0.15, -0.1) is 11.3 Å². The van der Waals surface area contributed by atoms with Crippen molar-refractivity contribution in [2.75, 3.05) is 5.32 Å². The fourth-order valence-corrected chi connectivity index (χ4v) is 3.39. The van der Waals surface area contributed by atoms with Crippen LogP contribution in [0.25, 0.3) is 0 Å². The lowest BCUT2D eigenvalue weighted by Gasteiger charge is -2.07. The van der Waals surface area contributed by atoms with Crippen molar-refractivity contribution in [1.29, 1.82) is 0 Å². The van der Waals surface area contributed by atoms with Crippen LogP contribution in [0.4, 0.5) is 5.69 Å². The van der Waals surface area contributed by atoms with Crippen LogP contribution in [-0.4, -0.2) is 22.1 Å². The summed E-state index contributed by atoms with van der Waals surface area (Å²) in [6.07, 6.45) is 0. The van der Waals surface area contributed by atoms with Crippen molar-refractivity contribution < 1.29 is 19.8 Å². The Bertz CT molecular complexity index is 679. The Hall–Kier alpha value is -1.38. The van der Waals surface area contributed by atoms with Crippen LogP contribution in [0.1, 0.15) is 20.0 Å². The van der Waals surface area contributed by atoms with E-state index in [1.165, 1.54) is 23.5 Å². The third-order valence-corrected chi connectivity index (χ3v) is 5.61. The SMILES string of the molecule is O=C(Nc1ccc(O)cc1C(=O)O)c1cc(Br)c(Br)s1. The molecule has 2 aromatic rings. The van der Waals surface area contributed by atoms with Crippen LogP contribution in [0, 0.1) is 0 Å². The van der Waals surface area contributed by atoms with Crippen LogP contribution in [0.3, 0.4) is 0 Å². The largest absolute Gasteiger partial charge is 0.508 e. The number of phenols is 1. The highest BCUT2D eigenvalue weighted by Crippen LogP contribution is 2.33. The summed E-state index contributed by atoms with van der Waals surface area (Å²) in [5.74, 6) is -1.83. The summed E-state index contributed by atoms with van der Waals surface area (Å²) < 4.78 is 1.52. The van der Waals surface area contributed by atoms with Gasteiger partial charge in [-0.2, -0.15) is 0 Å². The van der Waals surface area contributed by atoms with E-state index in [0.29, 0.717) is 4.88 Å². The lowest BCUT2D eigenvalue weighted by Crippen LogP contribution is -2.13. The molecule has 0 aliphatic heterocycles. The number of phenolic OH excluding ortho intramolecular Hbond substituents is 1. The summed E-state index contributed by atoms with van der Waals surface area (Å²) in [4.78, 5) is 23.5. The van der Waals surface area contributed by atoms with Crippen molar-refractivity contribution in [2.45, 2.75) is 0 Å². The van der Waals surface area contributed by atoms with Gasteiger partial charge in [0.2, 0.25) is 0 Å². The van der Waals surface area contributed by atoms with Gasteiger partial charge < -0.3 is 15.5 Å². The van der Waals surface area contributed by atoms with Crippen molar-refractivity contribution in [3.63, 3.8) is 0 Å². The number of hydrogen-bond donors (Lipinski definition) is 3. The number of carboxylic acid groups (broad SMARTS) is 1. The van der Waals surface area contributed by atoms with Crippen LogP contribution in [0.2, 0.25) is 0 Å². The molecular formula is C12H7Br2NO4S. The van der Waals surface area contributed by atoms with Crippen LogP contribution >= 0.6 is 43.2 Å². The van der Waals surface area contributed by atoms with Crippen molar-refractivity contribution in [1.82, 2.24) is 0 Å². The molecule has 0 radical (unpaired) electrons. The molecule has 1 heterocycles. The number of aromatic carboxylic acids is 1. The molecule has 0 unspecified atom stereocenters. The fraction of sp³-hybridized carbons (Fsp3) is 0. The van der Waals surface area contributed by atoms with Crippen molar-refractivity contribution in [3.05, 3.63) is 43.0 Å². The highest BCUT2D eigenvalue weighted by atomic mass is 79.9. The summed E-state index contributed by atoms with van der Waals surface area (Å²) in [5.41, 5.74) is -0.0472. The molecule has 0 bridgehead atoms. The van der Waals surface area contributed by atoms with Gasteiger partial charge in [-0.25, -0.2) is 4.79 Å². The van der Waals surface area contributed by atoms with E-state index in [9.17, 15) is 14.7 Å². The third-order valence-electron chi connectivity index (χ3n) is 2.35. The number of hydrogen-bond acceptors (Lipinski definition) is 4. The molecule has 5 nitrogen and oxygen atoms in total. The first-order valence-electron chi connectivity index (χ1n) is 5.21. The molecule has 1 aromatic carbocycles. The Morgan fingerprint density at radius 3 is 2.45 bits per heavy atom. The van der Waals surface area contributed by atoms with Gasteiger partial charge in [0.1, 0.15) is 5.75 Å². The zero-order valence-electron chi connectivity index (χ0n) is 9.68. The van der Waals surface area contributed by atoms with E-state index in [1.54, 1.807) is 6.07 Å². The molecule has 3 N–H and O–H groups in total. The zero-order chi connectivity index (χ0) is 14.9. The number of nitrogens with one attached hydrogen (secondary N) is 1. The topological polar surface area (TPSA) is 86.6 Å². The maximum absolute atomic E-state index is 12.0. The normalized spacial score (nSPS) is 10.3. The Morgan fingerprint density at radius 2 is 1.90 bits per heavy atom. The Morgan fingerprint density at radius 1 is 1.20 bits per heavy atom. The predicted octanol–water partition coefficient (Wildman–Crippen LogP) is 3.93. The summed E-state index contributed by atoms with van der Waals surface area (Å²) in [7, 11) is 0. The van der Waals surface area contributed by atoms with E-state index in [1.807, 2.05) is 0 Å². The van der Waals surface area contributed by atoms with Gasteiger partial charge in [0.15, 0.2) is 0 Å². The van der Waals surface area contributed by atoms with Gasteiger partial charge in [0.05, 0.1) is 19.9 Å². The van der Waals surface area contributed by atoms with Crippen molar-refractivity contribution in [3.8, 4) is 5.75 Å². The van der Waals surface area contributed by atoms with Crippen molar-refractivity contribution in [2.24, 2.45) is 0 Å². The first-order valence-corrected chi connectivity index (χ1v) is 7.61. The first kappa shape index (κ1) is 15.0. The monoisotopic (exact) mass is 419 g/mol. The third kappa shape index (κ3) is 3.20. The molecule has 1 aromatic heterocycles. The number of halogens is 2. The second kappa shape index (κ2) is 5.94. The second-order valence-electron chi connectivity index (χ2n) is 3.72. The number of carbonyl (C=O) groups is 2. The molecule has 0 atom stereocenters. The molecular weight excluding hydrogens is 414 g/mol. The number of anilines is 1. The molecule has 0 spiro atoms. The molecule has 2 rings (SSSR count). The Labute approximate surface area is 134 Å². The molecule has 0 aliphatic carbocycles. The summed E-state index contributed by atoms with van der Waals surface area (Å²) in [6, 6.07) is 5.36. The maximum Gasteiger partial charge on any atom is 0.337 e. The quantitative estimate of drug-likeness (QED) is 0.656. The maximum atomic E-state index is 12.0. The van der Waals surface area contributed by atoms with E-state index in [0.717, 1.165) is 14.3 Å². The zero-order valence-corrected chi connectivity index (χ0v) is 13.7. The lowest BCUT2D eigenvalue weighted by atomic mass is 10.1. The fourth-order valence-electron chi connectivity index (χ4n) is 1.46. The highest BCUT2D eigenvalue weighted by molar-refractivity contribution is 9.13. The highest BCUT2D eigenvalue weighted by Gasteiger charge is 2.16. The van der Waals surface area contributed by atoms with E-state index >= 15 is 0 Å². The number of rotatable bonds is 3. The lowest BCUT2D eigenvalue weighted by molar-refractivity contribution is 0.0697. The van der Waals surface area contributed by atoms with Gasteiger partial charge in [0, 0.05) is 4.47 Å². The molecule has 8 heteroatoms. The van der Waals surface area contributed by atoms with Gasteiger partial charge in [-0.3, -0.25) is 4.79 Å². The van der Waals surface area contributed by atoms with Crippen LogP contribution in [0.15, 0.2) is 32.5 Å². The summed E-state index contributed by atoms with van der Waals surface area (Å²) in [5, 5.41) is 20.9. The molecule has 0 saturated heterocycles. The van der Waals surface area contributed by atoms with E-state index < -0.39 is 11.9 Å². The Kier molecular flexibility index (Phi) is 4.46. The first-order chi connectivity index (χ1) is 9.38. The standard InChI is InChI=1S/C12H7Br2NO4S/c13-7-4-9(20-10(7)14)11(17)15-8-2-1-5(16)3-6(8)12(18)19/h1-4,16H,(H,15,17)(H,18,19). The number of amides is 1. The minimum atomic E-state index is -1.23. The minimum Gasteiger partial charge on any atom is -0.508 e. The molecule has 20 heavy (non-hydrogen) atoms. The number of benzene rings is 1. The number of carboxylic acids is 1. The second-order valence-corrected chi connectivity index (χ2v) is 6.95. The summed E-state index contributed by atoms with van der Waals surface area (Å²) in [6.45, 7) is 0.